The minimum Gasteiger partial charge on any atom is -0.254 e. The van der Waals surface area contributed by atoms with E-state index >= 15 is 0 Å². The van der Waals surface area contributed by atoms with Crippen LogP contribution in [0, 0.1) is 0 Å². The van der Waals surface area contributed by atoms with Gasteiger partial charge in [0.2, 0.25) is 0 Å². The van der Waals surface area contributed by atoms with Gasteiger partial charge in [-0.25, -0.2) is 0 Å². The lowest BCUT2D eigenvalue weighted by atomic mass is 10.4. The predicted molar refractivity (Wildman–Crippen MR) is 27.5 cm³/mol. The van der Waals surface area contributed by atoms with Crippen LogP contribution >= 0.6 is 0 Å². The summed E-state index contributed by atoms with van der Waals surface area (Å²) in [5, 5.41) is 0. The second kappa shape index (κ2) is 1.68. The summed E-state index contributed by atoms with van der Waals surface area (Å²) in [6.45, 7) is 2.08. The van der Waals surface area contributed by atoms with E-state index in [9.17, 15) is 8.42 Å². The molecule has 0 aromatic rings. The second-order valence-corrected chi connectivity index (χ2v) is 3.10. The molecule has 1 atom stereocenters. The van der Waals surface area contributed by atoms with Gasteiger partial charge in [-0.3, -0.25) is 4.18 Å². The molecule has 1 rings (SSSR count). The average molecular weight is 137 g/mol. The first-order valence-electron chi connectivity index (χ1n) is 2.28. The van der Waals surface area contributed by atoms with Crippen LogP contribution in [0.4, 0.5) is 0 Å². The van der Waals surface area contributed by atoms with Crippen LogP contribution in [0.25, 0.3) is 0 Å². The maximum absolute atomic E-state index is 10.3. The van der Waals surface area contributed by atoms with E-state index in [0.29, 0.717) is 6.54 Å². The molecule has 1 N–H and O–H groups in total. The van der Waals surface area contributed by atoms with Crippen molar-refractivity contribution in [1.29, 1.82) is 0 Å². The fraction of sp³-hybridized carbons (Fsp3) is 1.00. The van der Waals surface area contributed by atoms with Gasteiger partial charge in [-0.1, -0.05) is 0 Å². The molecule has 48 valence electrons. The van der Waals surface area contributed by atoms with E-state index in [2.05, 4.69) is 8.91 Å². The van der Waals surface area contributed by atoms with Gasteiger partial charge in [0.05, 0.1) is 6.10 Å². The lowest BCUT2D eigenvalue weighted by Gasteiger charge is -1.91. The fourth-order valence-electron chi connectivity index (χ4n) is 0.504. The molecule has 4 nitrogen and oxygen atoms in total. The van der Waals surface area contributed by atoms with Gasteiger partial charge in [0.1, 0.15) is 0 Å². The molecule has 0 spiro atoms. The summed E-state index contributed by atoms with van der Waals surface area (Å²) in [5.74, 6) is 0. The summed E-state index contributed by atoms with van der Waals surface area (Å²) in [6, 6.07) is 0. The Bertz CT molecular complexity index is 173. The minimum atomic E-state index is -3.35. The molecule has 1 saturated heterocycles. The molecule has 0 saturated carbocycles. The van der Waals surface area contributed by atoms with Crippen molar-refractivity contribution >= 4 is 10.3 Å². The second-order valence-electron chi connectivity index (χ2n) is 1.71. The zero-order chi connectivity index (χ0) is 6.20. The highest BCUT2D eigenvalue weighted by atomic mass is 32.2. The Balaban J connectivity index is 2.71. The third kappa shape index (κ3) is 1.18. The summed E-state index contributed by atoms with van der Waals surface area (Å²) in [4.78, 5) is 0. The standard InChI is InChI=1S/C3H7NO3S/c1-3-2-4-8(5,6)7-3/h3-4H,2H2,1H3. The van der Waals surface area contributed by atoms with E-state index in [1.807, 2.05) is 0 Å². The molecule has 0 aromatic carbocycles. The number of hydrogen-bond donors (Lipinski definition) is 1. The zero-order valence-corrected chi connectivity index (χ0v) is 5.23. The Labute approximate surface area is 48.1 Å². The van der Waals surface area contributed by atoms with Crippen LogP contribution in [0.15, 0.2) is 0 Å². The lowest BCUT2D eigenvalue weighted by molar-refractivity contribution is 0.269. The quantitative estimate of drug-likeness (QED) is 0.477. The van der Waals surface area contributed by atoms with Crippen LogP contribution in [-0.2, 0) is 14.5 Å². The number of hydrogen-bond acceptors (Lipinski definition) is 3. The van der Waals surface area contributed by atoms with Gasteiger partial charge in [0.15, 0.2) is 0 Å². The Hall–Kier alpha value is -0.130. The third-order valence-electron chi connectivity index (χ3n) is 0.839. The van der Waals surface area contributed by atoms with Crippen molar-refractivity contribution in [2.75, 3.05) is 6.54 Å². The highest BCUT2D eigenvalue weighted by Crippen LogP contribution is 2.02. The first-order chi connectivity index (χ1) is 3.60. The van der Waals surface area contributed by atoms with Crippen molar-refractivity contribution in [3.63, 3.8) is 0 Å². The SMILES string of the molecule is CC1CNS(=O)(=O)O1. The summed E-state index contributed by atoms with van der Waals surface area (Å²) in [5.41, 5.74) is 0. The van der Waals surface area contributed by atoms with Crippen molar-refractivity contribution in [2.24, 2.45) is 0 Å². The maximum Gasteiger partial charge on any atom is 0.336 e. The average Bonchev–Trinajstić information content (AvgIpc) is 1.82. The Morgan fingerprint density at radius 3 is 2.50 bits per heavy atom. The van der Waals surface area contributed by atoms with Crippen LogP contribution in [0.5, 0.6) is 0 Å². The third-order valence-corrected chi connectivity index (χ3v) is 1.94. The van der Waals surface area contributed by atoms with Crippen molar-refractivity contribution in [3.05, 3.63) is 0 Å². The molecule has 0 radical (unpaired) electrons. The molecule has 1 heterocycles. The van der Waals surface area contributed by atoms with Crippen molar-refractivity contribution in [1.82, 2.24) is 4.72 Å². The Kier molecular flexibility index (Phi) is 1.26. The predicted octanol–water partition coefficient (Wildman–Crippen LogP) is -0.760. The van der Waals surface area contributed by atoms with E-state index in [0.717, 1.165) is 0 Å². The van der Waals surface area contributed by atoms with Crippen LogP contribution in [0.1, 0.15) is 6.92 Å². The molecule has 1 aliphatic rings. The molecule has 8 heavy (non-hydrogen) atoms. The lowest BCUT2D eigenvalue weighted by Crippen LogP contribution is -2.15. The molecule has 1 fully saturated rings. The summed E-state index contributed by atoms with van der Waals surface area (Å²) in [6.07, 6.45) is -0.208. The first-order valence-corrected chi connectivity index (χ1v) is 3.69. The van der Waals surface area contributed by atoms with Gasteiger partial charge in [0.25, 0.3) is 0 Å². The normalized spacial score (nSPS) is 35.4. The van der Waals surface area contributed by atoms with Gasteiger partial charge in [-0.15, -0.1) is 0 Å². The molecule has 0 bridgehead atoms. The summed E-state index contributed by atoms with van der Waals surface area (Å²) in [7, 11) is -3.35. The molecule has 5 heteroatoms. The van der Waals surface area contributed by atoms with E-state index in [1.165, 1.54) is 0 Å². The van der Waals surface area contributed by atoms with Crippen LogP contribution in [0.3, 0.4) is 0 Å². The molecule has 0 aromatic heterocycles. The smallest absolute Gasteiger partial charge is 0.254 e. The van der Waals surface area contributed by atoms with E-state index in [-0.39, 0.29) is 6.10 Å². The highest BCUT2D eigenvalue weighted by molar-refractivity contribution is 7.84. The van der Waals surface area contributed by atoms with Gasteiger partial charge in [-0.2, -0.15) is 13.1 Å². The topological polar surface area (TPSA) is 55.4 Å². The van der Waals surface area contributed by atoms with Gasteiger partial charge < -0.3 is 0 Å². The number of rotatable bonds is 0. The minimum absolute atomic E-state index is 0.208. The van der Waals surface area contributed by atoms with Crippen molar-refractivity contribution in [2.45, 2.75) is 13.0 Å². The number of nitrogens with one attached hydrogen (secondary N) is 1. The van der Waals surface area contributed by atoms with E-state index in [4.69, 9.17) is 0 Å². The van der Waals surface area contributed by atoms with E-state index in [1.54, 1.807) is 6.92 Å². The summed E-state index contributed by atoms with van der Waals surface area (Å²) < 4.78 is 27.2. The van der Waals surface area contributed by atoms with Crippen molar-refractivity contribution < 1.29 is 12.6 Å². The largest absolute Gasteiger partial charge is 0.336 e. The molecule has 0 amide bonds. The van der Waals surface area contributed by atoms with Crippen LogP contribution < -0.4 is 4.72 Å². The van der Waals surface area contributed by atoms with Crippen LogP contribution in [-0.4, -0.2) is 21.1 Å². The monoisotopic (exact) mass is 137 g/mol. The molecule has 1 aliphatic heterocycles. The van der Waals surface area contributed by atoms with Gasteiger partial charge in [-0.05, 0) is 6.92 Å². The Morgan fingerprint density at radius 2 is 2.38 bits per heavy atom. The van der Waals surface area contributed by atoms with Crippen molar-refractivity contribution in [3.8, 4) is 0 Å². The van der Waals surface area contributed by atoms with Gasteiger partial charge in [0, 0.05) is 6.54 Å². The van der Waals surface area contributed by atoms with Gasteiger partial charge >= 0.3 is 10.3 Å². The van der Waals surface area contributed by atoms with Crippen LogP contribution in [0.2, 0.25) is 0 Å². The molecule has 0 aliphatic carbocycles. The fourth-order valence-corrected chi connectivity index (χ4v) is 1.51. The molecular formula is C3H7NO3S. The summed E-state index contributed by atoms with van der Waals surface area (Å²) >= 11 is 0. The first kappa shape index (κ1) is 6.00. The zero-order valence-electron chi connectivity index (χ0n) is 4.42. The molecule has 1 unspecified atom stereocenters. The maximum atomic E-state index is 10.3. The van der Waals surface area contributed by atoms with E-state index < -0.39 is 10.3 Å². The highest BCUT2D eigenvalue weighted by Gasteiger charge is 2.23. The Morgan fingerprint density at radius 1 is 1.75 bits per heavy atom. The molecular weight excluding hydrogens is 130 g/mol.